The van der Waals surface area contributed by atoms with Gasteiger partial charge in [-0.1, -0.05) is 13.8 Å². The van der Waals surface area contributed by atoms with E-state index in [1.165, 1.54) is 24.8 Å². The molecule has 0 aromatic carbocycles. The van der Waals surface area contributed by atoms with E-state index in [0.29, 0.717) is 16.4 Å². The van der Waals surface area contributed by atoms with Gasteiger partial charge in [-0.3, -0.25) is 4.79 Å². The van der Waals surface area contributed by atoms with Gasteiger partial charge in [0.25, 0.3) is 0 Å². The molecule has 0 bridgehead atoms. The van der Waals surface area contributed by atoms with Gasteiger partial charge in [0, 0.05) is 11.7 Å². The highest BCUT2D eigenvalue weighted by molar-refractivity contribution is 7.99. The molecule has 1 unspecified atom stereocenters. The van der Waals surface area contributed by atoms with E-state index >= 15 is 0 Å². The largest absolute Gasteiger partial charge is 0.381 e. The van der Waals surface area contributed by atoms with Gasteiger partial charge in [-0.05, 0) is 72.2 Å². The van der Waals surface area contributed by atoms with Crippen molar-refractivity contribution < 1.29 is 9.53 Å². The summed E-state index contributed by atoms with van der Waals surface area (Å²) in [5.74, 6) is 2.64. The van der Waals surface area contributed by atoms with Crippen molar-refractivity contribution in [1.82, 2.24) is 0 Å². The highest BCUT2D eigenvalue weighted by Gasteiger charge is 2.58. The summed E-state index contributed by atoms with van der Waals surface area (Å²) in [5, 5.41) is 0.540. The lowest BCUT2D eigenvalue weighted by atomic mass is 9.47. The summed E-state index contributed by atoms with van der Waals surface area (Å²) >= 11 is 1.96. The number of thioether (sulfide) groups is 1. The normalized spacial score (nSPS) is 50.9. The van der Waals surface area contributed by atoms with Crippen molar-refractivity contribution >= 4 is 17.5 Å². The molecule has 2 nitrogen and oxygen atoms in total. The first kappa shape index (κ1) is 15.3. The summed E-state index contributed by atoms with van der Waals surface area (Å²) in [7, 11) is 0. The number of rotatable bonds is 1. The molecular formula is C19H28O2S. The predicted molar refractivity (Wildman–Crippen MR) is 91.0 cm³/mol. The van der Waals surface area contributed by atoms with Crippen LogP contribution in [0.5, 0.6) is 0 Å². The summed E-state index contributed by atoms with van der Waals surface area (Å²) < 4.78 is 5.92. The van der Waals surface area contributed by atoms with E-state index in [1.807, 2.05) is 17.8 Å². The molecular weight excluding hydrogens is 292 g/mol. The molecule has 3 fully saturated rings. The summed E-state index contributed by atoms with van der Waals surface area (Å²) in [6.07, 6.45) is 9.95. The smallest absolute Gasteiger partial charge is 0.155 e. The highest BCUT2D eigenvalue weighted by Crippen LogP contribution is 2.63. The van der Waals surface area contributed by atoms with Gasteiger partial charge in [-0.15, -0.1) is 0 Å². The molecule has 0 aromatic heterocycles. The second-order valence-electron chi connectivity index (χ2n) is 8.53. The van der Waals surface area contributed by atoms with Gasteiger partial charge < -0.3 is 4.74 Å². The molecule has 1 saturated heterocycles. The van der Waals surface area contributed by atoms with Crippen LogP contribution in [0.4, 0.5) is 0 Å². The number of hydrogen-bond acceptors (Lipinski definition) is 3. The minimum atomic E-state index is 0.258. The first-order chi connectivity index (χ1) is 10.5. The minimum absolute atomic E-state index is 0.258. The van der Waals surface area contributed by atoms with Crippen molar-refractivity contribution in [2.75, 3.05) is 19.5 Å². The zero-order valence-electron chi connectivity index (χ0n) is 14.1. The molecule has 0 spiro atoms. The van der Waals surface area contributed by atoms with Crippen LogP contribution in [0.3, 0.4) is 0 Å². The molecule has 1 aliphatic heterocycles. The maximum absolute atomic E-state index is 12.0. The number of hydrogen-bond donors (Lipinski definition) is 0. The van der Waals surface area contributed by atoms with E-state index in [1.54, 1.807) is 0 Å². The summed E-state index contributed by atoms with van der Waals surface area (Å²) in [4.78, 5) is 12.0. The molecule has 0 radical (unpaired) electrons. The first-order valence-electron chi connectivity index (χ1n) is 8.83. The molecule has 1 heterocycles. The molecule has 3 heteroatoms. The Bertz CT molecular complexity index is 528. The van der Waals surface area contributed by atoms with E-state index in [-0.39, 0.29) is 5.41 Å². The Labute approximate surface area is 138 Å². The number of carbonyl (C=O) groups excluding carboxylic acids is 1. The Morgan fingerprint density at radius 2 is 2.09 bits per heavy atom. The number of carbonyl (C=O) groups is 1. The van der Waals surface area contributed by atoms with E-state index in [0.717, 1.165) is 43.8 Å². The Hall–Kier alpha value is -0.280. The van der Waals surface area contributed by atoms with Crippen molar-refractivity contribution in [3.05, 3.63) is 11.6 Å². The van der Waals surface area contributed by atoms with Crippen LogP contribution in [0.2, 0.25) is 0 Å². The highest BCUT2D eigenvalue weighted by atomic mass is 32.2. The first-order valence-corrected chi connectivity index (χ1v) is 10.1. The van der Waals surface area contributed by atoms with Crippen molar-refractivity contribution in [2.45, 2.75) is 51.2 Å². The Morgan fingerprint density at radius 1 is 1.27 bits per heavy atom. The average molecular weight is 320 g/mol. The molecule has 6 atom stereocenters. The second kappa shape index (κ2) is 5.11. The van der Waals surface area contributed by atoms with Crippen molar-refractivity contribution in [1.29, 1.82) is 0 Å². The Morgan fingerprint density at radius 3 is 2.86 bits per heavy atom. The molecule has 2 saturated carbocycles. The van der Waals surface area contributed by atoms with Crippen LogP contribution in [-0.2, 0) is 9.53 Å². The second-order valence-corrected chi connectivity index (χ2v) is 9.57. The Balaban J connectivity index is 1.74. The van der Waals surface area contributed by atoms with Gasteiger partial charge in [0.05, 0.1) is 13.2 Å². The molecule has 0 amide bonds. The molecule has 4 aliphatic rings. The van der Waals surface area contributed by atoms with Crippen LogP contribution < -0.4 is 0 Å². The van der Waals surface area contributed by atoms with Crippen molar-refractivity contribution in [2.24, 2.45) is 28.6 Å². The fourth-order valence-corrected chi connectivity index (χ4v) is 7.13. The molecule has 22 heavy (non-hydrogen) atoms. The minimum Gasteiger partial charge on any atom is -0.381 e. The van der Waals surface area contributed by atoms with E-state index in [4.69, 9.17) is 4.74 Å². The molecule has 4 rings (SSSR count). The zero-order valence-corrected chi connectivity index (χ0v) is 14.9. The number of ether oxygens (including phenoxy) is 1. The summed E-state index contributed by atoms with van der Waals surface area (Å²) in [6, 6.07) is 0. The topological polar surface area (TPSA) is 26.3 Å². The van der Waals surface area contributed by atoms with Crippen molar-refractivity contribution in [3.8, 4) is 0 Å². The van der Waals surface area contributed by atoms with E-state index in [2.05, 4.69) is 20.1 Å². The lowest BCUT2D eigenvalue weighted by Gasteiger charge is -2.58. The number of ketones is 1. The molecule has 3 aliphatic carbocycles. The standard InChI is InChI=1S/C19H28O2S/c1-18-6-5-14-13(16(18)10-21-11-18)9-17(22-3)15-8-12(20)4-7-19(14,15)2/h8,13-14,16-17H,4-7,9-11H2,1-3H3/t13-,14-,16+,17?,18-,19-/m1/s1. The van der Waals surface area contributed by atoms with Gasteiger partial charge >= 0.3 is 0 Å². The molecule has 0 N–H and O–H groups in total. The van der Waals surface area contributed by atoms with E-state index < -0.39 is 0 Å². The van der Waals surface area contributed by atoms with Crippen LogP contribution in [-0.4, -0.2) is 30.5 Å². The summed E-state index contributed by atoms with van der Waals surface area (Å²) in [5.41, 5.74) is 2.14. The summed E-state index contributed by atoms with van der Waals surface area (Å²) in [6.45, 7) is 6.84. The lowest BCUT2D eigenvalue weighted by molar-refractivity contribution is -0.117. The maximum atomic E-state index is 12.0. The maximum Gasteiger partial charge on any atom is 0.155 e. The third-order valence-corrected chi connectivity index (χ3v) is 8.50. The van der Waals surface area contributed by atoms with Gasteiger partial charge in [0.15, 0.2) is 5.78 Å². The van der Waals surface area contributed by atoms with Crippen LogP contribution >= 0.6 is 11.8 Å². The molecule has 122 valence electrons. The van der Waals surface area contributed by atoms with Crippen LogP contribution in [0, 0.1) is 28.6 Å². The van der Waals surface area contributed by atoms with Gasteiger partial charge in [0.1, 0.15) is 0 Å². The van der Waals surface area contributed by atoms with E-state index in [9.17, 15) is 4.79 Å². The quantitative estimate of drug-likeness (QED) is 0.728. The SMILES string of the molecule is CSC1C[C@@H]2[C@@H](CC[C@]3(C)COC[C@@H]23)[C@@]2(C)CCC(=O)C=C12. The molecule has 0 aromatic rings. The number of fused-ring (bicyclic) bond motifs is 5. The number of allylic oxidation sites excluding steroid dienone is 1. The van der Waals surface area contributed by atoms with Crippen LogP contribution in [0.25, 0.3) is 0 Å². The van der Waals surface area contributed by atoms with Gasteiger partial charge in [0.2, 0.25) is 0 Å². The fourth-order valence-electron chi connectivity index (χ4n) is 6.12. The monoisotopic (exact) mass is 320 g/mol. The van der Waals surface area contributed by atoms with Gasteiger partial charge in [-0.25, -0.2) is 0 Å². The lowest BCUT2D eigenvalue weighted by Crippen LogP contribution is -2.53. The zero-order chi connectivity index (χ0) is 15.5. The third-order valence-electron chi connectivity index (χ3n) is 7.49. The fraction of sp³-hybridized carbons (Fsp3) is 0.842. The van der Waals surface area contributed by atoms with Crippen molar-refractivity contribution in [3.63, 3.8) is 0 Å². The third kappa shape index (κ3) is 2.00. The Kier molecular flexibility index (Phi) is 3.54. The van der Waals surface area contributed by atoms with Gasteiger partial charge in [-0.2, -0.15) is 11.8 Å². The average Bonchev–Trinajstić information content (AvgIpc) is 2.89. The predicted octanol–water partition coefficient (Wildman–Crippen LogP) is 4.10. The van der Waals surface area contributed by atoms with Crippen LogP contribution in [0.1, 0.15) is 46.0 Å². The van der Waals surface area contributed by atoms with Crippen LogP contribution in [0.15, 0.2) is 11.6 Å².